The average molecular weight is 250 g/mol. The highest BCUT2D eigenvalue weighted by atomic mass is 16.4. The summed E-state index contributed by atoms with van der Waals surface area (Å²) in [5, 5.41) is 13.6. The molecule has 7 nitrogen and oxygen atoms in total. The molecule has 1 atom stereocenters. The Balaban J connectivity index is 2.28. The molecule has 1 unspecified atom stereocenters. The van der Waals surface area contributed by atoms with Crippen LogP contribution in [0.1, 0.15) is 12.2 Å². The molecule has 2 amide bonds. The third-order valence-electron chi connectivity index (χ3n) is 2.13. The second kappa shape index (κ2) is 6.96. The van der Waals surface area contributed by atoms with E-state index in [1.54, 1.807) is 12.4 Å². The summed E-state index contributed by atoms with van der Waals surface area (Å²) in [5.41, 5.74) is 0. The van der Waals surface area contributed by atoms with Crippen LogP contribution in [0.2, 0.25) is 0 Å². The lowest BCUT2D eigenvalue weighted by molar-refractivity contribution is -0.139. The van der Waals surface area contributed by atoms with Crippen LogP contribution in [0, 0.1) is 12.3 Å². The molecule has 0 spiro atoms. The van der Waals surface area contributed by atoms with Crippen molar-refractivity contribution in [2.75, 3.05) is 6.54 Å². The molecule has 4 N–H and O–H groups in total. The van der Waals surface area contributed by atoms with Crippen molar-refractivity contribution >= 4 is 12.0 Å². The van der Waals surface area contributed by atoms with E-state index in [4.69, 9.17) is 11.5 Å². The Labute approximate surface area is 104 Å². The largest absolute Gasteiger partial charge is 0.480 e. The molecule has 7 heteroatoms. The van der Waals surface area contributed by atoms with Gasteiger partial charge in [-0.1, -0.05) is 0 Å². The second-order valence-electron chi connectivity index (χ2n) is 3.49. The second-order valence-corrected chi connectivity index (χ2v) is 3.49. The first-order valence-electron chi connectivity index (χ1n) is 5.32. The Hall–Kier alpha value is -2.49. The van der Waals surface area contributed by atoms with Gasteiger partial charge < -0.3 is 20.7 Å². The zero-order chi connectivity index (χ0) is 13.4. The first-order valence-corrected chi connectivity index (χ1v) is 5.32. The van der Waals surface area contributed by atoms with Gasteiger partial charge in [-0.3, -0.25) is 0 Å². The SMILES string of the molecule is C#CCC(NC(=O)NCCc1ncc[nH]1)C(=O)O. The monoisotopic (exact) mass is 250 g/mol. The molecule has 0 aliphatic rings. The third kappa shape index (κ3) is 4.57. The Morgan fingerprint density at radius 1 is 1.61 bits per heavy atom. The molecule has 1 rings (SSSR count). The van der Waals surface area contributed by atoms with Crippen molar-refractivity contribution in [3.8, 4) is 12.3 Å². The number of imidazole rings is 1. The molecule has 0 bridgehead atoms. The number of urea groups is 1. The van der Waals surface area contributed by atoms with E-state index in [2.05, 4.69) is 26.5 Å². The van der Waals surface area contributed by atoms with Crippen molar-refractivity contribution < 1.29 is 14.7 Å². The fourth-order valence-electron chi connectivity index (χ4n) is 1.26. The van der Waals surface area contributed by atoms with Gasteiger partial charge in [0.1, 0.15) is 11.9 Å². The van der Waals surface area contributed by atoms with Crippen molar-refractivity contribution in [3.63, 3.8) is 0 Å². The van der Waals surface area contributed by atoms with E-state index in [0.717, 1.165) is 5.82 Å². The van der Waals surface area contributed by atoms with Gasteiger partial charge in [0.25, 0.3) is 0 Å². The topological polar surface area (TPSA) is 107 Å². The highest BCUT2D eigenvalue weighted by molar-refractivity contribution is 5.82. The van der Waals surface area contributed by atoms with E-state index in [9.17, 15) is 9.59 Å². The number of hydrogen-bond donors (Lipinski definition) is 4. The Morgan fingerprint density at radius 2 is 2.39 bits per heavy atom. The van der Waals surface area contributed by atoms with Crippen LogP contribution in [0.25, 0.3) is 0 Å². The minimum atomic E-state index is -1.16. The number of rotatable bonds is 6. The summed E-state index contributed by atoms with van der Waals surface area (Å²) < 4.78 is 0. The minimum Gasteiger partial charge on any atom is -0.480 e. The van der Waals surface area contributed by atoms with Gasteiger partial charge in [-0.2, -0.15) is 0 Å². The number of carbonyl (C=O) groups excluding carboxylic acids is 1. The number of nitrogens with zero attached hydrogens (tertiary/aromatic N) is 1. The predicted molar refractivity (Wildman–Crippen MR) is 63.7 cm³/mol. The lowest BCUT2D eigenvalue weighted by Crippen LogP contribution is -2.46. The van der Waals surface area contributed by atoms with E-state index < -0.39 is 18.0 Å². The van der Waals surface area contributed by atoms with Crippen LogP contribution < -0.4 is 10.6 Å². The standard InChI is InChI=1S/C11H14N4O3/c1-2-3-8(10(16)17)15-11(18)14-5-4-9-12-6-7-13-9/h1,6-8H,3-5H2,(H,12,13)(H,16,17)(H2,14,15,18). The molecule has 18 heavy (non-hydrogen) atoms. The van der Waals surface area contributed by atoms with Crippen molar-refractivity contribution in [1.29, 1.82) is 0 Å². The number of carbonyl (C=O) groups is 2. The van der Waals surface area contributed by atoms with Gasteiger partial charge in [-0.05, 0) is 0 Å². The molecule has 0 radical (unpaired) electrons. The van der Waals surface area contributed by atoms with Crippen LogP contribution in [0.5, 0.6) is 0 Å². The summed E-state index contributed by atoms with van der Waals surface area (Å²) in [5.74, 6) is 1.78. The number of hydrogen-bond acceptors (Lipinski definition) is 3. The Bertz CT molecular complexity index is 436. The first-order chi connectivity index (χ1) is 8.63. The summed E-state index contributed by atoms with van der Waals surface area (Å²) in [6, 6.07) is -1.64. The highest BCUT2D eigenvalue weighted by Crippen LogP contribution is 1.91. The van der Waals surface area contributed by atoms with E-state index in [1.807, 2.05) is 0 Å². The van der Waals surface area contributed by atoms with E-state index in [-0.39, 0.29) is 6.42 Å². The van der Waals surface area contributed by atoms with Gasteiger partial charge in [-0.15, -0.1) is 12.3 Å². The quantitative estimate of drug-likeness (QED) is 0.521. The zero-order valence-electron chi connectivity index (χ0n) is 9.64. The fourth-order valence-corrected chi connectivity index (χ4v) is 1.26. The van der Waals surface area contributed by atoms with Crippen molar-refractivity contribution in [2.24, 2.45) is 0 Å². The van der Waals surface area contributed by atoms with Crippen molar-refractivity contribution in [1.82, 2.24) is 20.6 Å². The van der Waals surface area contributed by atoms with Crippen LogP contribution in [0.3, 0.4) is 0 Å². The summed E-state index contributed by atoms with van der Waals surface area (Å²) in [6.07, 6.45) is 8.79. The molecule has 1 heterocycles. The van der Waals surface area contributed by atoms with Crippen LogP contribution >= 0.6 is 0 Å². The maximum absolute atomic E-state index is 11.4. The van der Waals surface area contributed by atoms with E-state index >= 15 is 0 Å². The number of amides is 2. The number of terminal acetylenes is 1. The lowest BCUT2D eigenvalue weighted by Gasteiger charge is -2.12. The molecule has 0 saturated heterocycles. The average Bonchev–Trinajstić information content (AvgIpc) is 2.81. The van der Waals surface area contributed by atoms with Gasteiger partial charge in [0.15, 0.2) is 0 Å². The lowest BCUT2D eigenvalue weighted by atomic mass is 10.2. The molecular weight excluding hydrogens is 236 g/mol. The molecule has 96 valence electrons. The fraction of sp³-hybridized carbons (Fsp3) is 0.364. The summed E-state index contributed by atoms with van der Waals surface area (Å²) >= 11 is 0. The van der Waals surface area contributed by atoms with Crippen LogP contribution in [0.15, 0.2) is 12.4 Å². The Morgan fingerprint density at radius 3 is 2.94 bits per heavy atom. The molecule has 1 aromatic rings. The molecule has 0 aromatic carbocycles. The summed E-state index contributed by atoms with van der Waals surface area (Å²) in [6.45, 7) is 0.349. The summed E-state index contributed by atoms with van der Waals surface area (Å²) in [4.78, 5) is 29.0. The number of nitrogens with one attached hydrogen (secondary N) is 3. The number of carboxylic acids is 1. The van der Waals surface area contributed by atoms with Gasteiger partial charge in [0, 0.05) is 31.8 Å². The molecule has 1 aromatic heterocycles. The molecule has 0 fully saturated rings. The number of H-pyrrole nitrogens is 1. The number of aromatic nitrogens is 2. The summed E-state index contributed by atoms with van der Waals surface area (Å²) in [7, 11) is 0. The third-order valence-corrected chi connectivity index (χ3v) is 2.13. The van der Waals surface area contributed by atoms with Crippen molar-refractivity contribution in [3.05, 3.63) is 18.2 Å². The molecule has 0 saturated carbocycles. The normalized spacial score (nSPS) is 11.3. The Kier molecular flexibility index (Phi) is 5.25. The maximum atomic E-state index is 11.4. The molecule has 0 aliphatic carbocycles. The van der Waals surface area contributed by atoms with Crippen molar-refractivity contribution in [2.45, 2.75) is 18.9 Å². The number of aliphatic carboxylic acids is 1. The van der Waals surface area contributed by atoms with Gasteiger partial charge in [0.2, 0.25) is 0 Å². The molecule has 0 aliphatic heterocycles. The predicted octanol–water partition coefficient (Wildman–Crippen LogP) is -0.272. The van der Waals surface area contributed by atoms with Gasteiger partial charge in [-0.25, -0.2) is 14.6 Å². The zero-order valence-corrected chi connectivity index (χ0v) is 9.64. The van der Waals surface area contributed by atoms with Gasteiger partial charge in [0.05, 0.1) is 0 Å². The first kappa shape index (κ1) is 13.6. The van der Waals surface area contributed by atoms with Crippen LogP contribution in [-0.4, -0.2) is 39.7 Å². The maximum Gasteiger partial charge on any atom is 0.327 e. The van der Waals surface area contributed by atoms with Gasteiger partial charge >= 0.3 is 12.0 Å². The van der Waals surface area contributed by atoms with Crippen LogP contribution in [0.4, 0.5) is 4.79 Å². The molecular formula is C11H14N4O3. The smallest absolute Gasteiger partial charge is 0.327 e. The minimum absolute atomic E-state index is 0.0546. The van der Waals surface area contributed by atoms with E-state index in [0.29, 0.717) is 13.0 Å². The number of aromatic amines is 1. The highest BCUT2D eigenvalue weighted by Gasteiger charge is 2.18. The van der Waals surface area contributed by atoms with Crippen LogP contribution in [-0.2, 0) is 11.2 Å². The number of carboxylic acid groups (broad SMARTS) is 1. The van der Waals surface area contributed by atoms with E-state index in [1.165, 1.54) is 0 Å².